The molecule has 0 radical (unpaired) electrons. The molecule has 9 nitrogen and oxygen atoms in total. The minimum absolute atomic E-state index is 0.113. The molecule has 0 fully saturated rings. The van der Waals surface area contributed by atoms with E-state index in [0.29, 0.717) is 38.9 Å². The number of carboxylic acid groups (broad SMARTS) is 2. The Hall–Kier alpha value is -4.26. The Labute approximate surface area is 200 Å². The van der Waals surface area contributed by atoms with E-state index in [4.69, 9.17) is 20.7 Å². The minimum Gasteiger partial charge on any atom is -0.480 e. The second-order valence-electron chi connectivity index (χ2n) is 7.84. The summed E-state index contributed by atoms with van der Waals surface area (Å²) >= 11 is 0. The predicted octanol–water partition coefficient (Wildman–Crippen LogP) is 2.89. The molecule has 0 saturated heterocycles. The zero-order chi connectivity index (χ0) is 26.9. The van der Waals surface area contributed by atoms with Gasteiger partial charge in [0.25, 0.3) is 5.56 Å². The summed E-state index contributed by atoms with van der Waals surface area (Å²) < 4.78 is 48.8. The Morgan fingerprint density at radius 3 is 2.39 bits per heavy atom. The van der Waals surface area contributed by atoms with E-state index < -0.39 is 24.2 Å². The predicted molar refractivity (Wildman–Crippen MR) is 121 cm³/mol. The van der Waals surface area contributed by atoms with Gasteiger partial charge in [-0.1, -0.05) is 0 Å². The second-order valence-corrected chi connectivity index (χ2v) is 7.84. The summed E-state index contributed by atoms with van der Waals surface area (Å²) in [5.74, 6) is -4.23. The molecule has 0 aliphatic carbocycles. The Balaban J connectivity index is 0.000000454. The number of pyridine rings is 2. The van der Waals surface area contributed by atoms with Crippen LogP contribution in [-0.4, -0.2) is 48.3 Å². The molecule has 4 rings (SSSR count). The van der Waals surface area contributed by atoms with Crippen molar-refractivity contribution >= 4 is 28.5 Å². The Kier molecular flexibility index (Phi) is 7.15. The van der Waals surface area contributed by atoms with Crippen LogP contribution in [0, 0.1) is 12.7 Å². The van der Waals surface area contributed by atoms with Gasteiger partial charge in [-0.3, -0.25) is 9.59 Å². The maximum absolute atomic E-state index is 13.9. The molecule has 0 aliphatic heterocycles. The second kappa shape index (κ2) is 9.77. The van der Waals surface area contributed by atoms with Crippen LogP contribution in [0.5, 0.6) is 0 Å². The van der Waals surface area contributed by atoms with Gasteiger partial charge in [-0.15, -0.1) is 0 Å². The SMILES string of the molecule is Cc1c(-c2ccc(CC(N)C(=O)O)n3ccnc23)c(=O)n(C)c2ccc(F)cc12.O=C(O)C(F)(F)F. The van der Waals surface area contributed by atoms with Crippen molar-refractivity contribution in [1.82, 2.24) is 14.0 Å². The highest BCUT2D eigenvalue weighted by atomic mass is 19.4. The Morgan fingerprint density at radius 2 is 1.81 bits per heavy atom. The van der Waals surface area contributed by atoms with Gasteiger partial charge in [0.1, 0.15) is 17.5 Å². The van der Waals surface area contributed by atoms with Crippen molar-refractivity contribution in [2.75, 3.05) is 0 Å². The average Bonchev–Trinajstić information content (AvgIpc) is 3.29. The van der Waals surface area contributed by atoms with Crippen molar-refractivity contribution in [2.45, 2.75) is 25.6 Å². The summed E-state index contributed by atoms with van der Waals surface area (Å²) in [6.07, 6.45) is -1.69. The fourth-order valence-electron chi connectivity index (χ4n) is 3.73. The smallest absolute Gasteiger partial charge is 0.480 e. The monoisotopic (exact) mass is 508 g/mol. The standard InChI is InChI=1S/C21H19FN4O3.C2HF3O2/c1-11-15-9-12(22)3-6-17(15)25(2)20(27)18(11)14-5-4-13(10-16(23)21(28)29)26-8-7-24-19(14)26;3-2(4,5)1(6)7/h3-9,16H,10,23H2,1-2H3,(H,28,29);(H,6,7). The molecule has 13 heteroatoms. The number of aryl methyl sites for hydroxylation is 2. The molecule has 190 valence electrons. The first-order valence-corrected chi connectivity index (χ1v) is 10.3. The molecule has 36 heavy (non-hydrogen) atoms. The number of hydrogen-bond donors (Lipinski definition) is 3. The van der Waals surface area contributed by atoms with Crippen molar-refractivity contribution in [3.8, 4) is 11.1 Å². The molecule has 0 saturated carbocycles. The normalized spacial score (nSPS) is 12.3. The van der Waals surface area contributed by atoms with Crippen LogP contribution in [0.3, 0.4) is 0 Å². The summed E-state index contributed by atoms with van der Waals surface area (Å²) in [6.45, 7) is 1.78. The van der Waals surface area contributed by atoms with Gasteiger partial charge in [0.15, 0.2) is 0 Å². The largest absolute Gasteiger partial charge is 0.490 e. The number of aromatic nitrogens is 3. The summed E-state index contributed by atoms with van der Waals surface area (Å²) in [7, 11) is 1.65. The lowest BCUT2D eigenvalue weighted by Crippen LogP contribution is -2.32. The van der Waals surface area contributed by atoms with Crippen LogP contribution in [0.25, 0.3) is 27.7 Å². The van der Waals surface area contributed by atoms with Gasteiger partial charge in [-0.2, -0.15) is 13.2 Å². The molecule has 1 atom stereocenters. The first kappa shape index (κ1) is 26.3. The van der Waals surface area contributed by atoms with Gasteiger partial charge in [0.2, 0.25) is 0 Å². The molecule has 0 aliphatic rings. The molecule has 0 bridgehead atoms. The number of nitrogens with two attached hydrogens (primary N) is 1. The van der Waals surface area contributed by atoms with Crippen molar-refractivity contribution in [3.05, 3.63) is 70.2 Å². The van der Waals surface area contributed by atoms with Gasteiger partial charge in [-0.25, -0.2) is 14.2 Å². The molecule has 3 heterocycles. The number of aliphatic carboxylic acids is 2. The van der Waals surface area contributed by atoms with E-state index in [-0.39, 0.29) is 17.8 Å². The topological polar surface area (TPSA) is 140 Å². The minimum atomic E-state index is -5.08. The molecule has 1 aromatic carbocycles. The van der Waals surface area contributed by atoms with Crippen LogP contribution < -0.4 is 11.3 Å². The molecule has 4 aromatic rings. The summed E-state index contributed by atoms with van der Waals surface area (Å²) in [4.78, 5) is 37.5. The lowest BCUT2D eigenvalue weighted by atomic mass is 9.98. The number of nitrogens with zero attached hydrogens (tertiary/aromatic N) is 3. The number of fused-ring (bicyclic) bond motifs is 2. The number of alkyl halides is 3. The Morgan fingerprint density at radius 1 is 1.17 bits per heavy atom. The summed E-state index contributed by atoms with van der Waals surface area (Å²) in [5, 5.41) is 16.9. The summed E-state index contributed by atoms with van der Waals surface area (Å²) in [6, 6.07) is 6.75. The summed E-state index contributed by atoms with van der Waals surface area (Å²) in [5.41, 5.74) is 8.94. The highest BCUT2D eigenvalue weighted by Gasteiger charge is 2.38. The van der Waals surface area contributed by atoms with Gasteiger partial charge < -0.3 is 24.9 Å². The first-order chi connectivity index (χ1) is 16.7. The van der Waals surface area contributed by atoms with E-state index in [2.05, 4.69) is 4.98 Å². The van der Waals surface area contributed by atoms with Crippen LogP contribution in [0.2, 0.25) is 0 Å². The first-order valence-electron chi connectivity index (χ1n) is 10.3. The van der Waals surface area contributed by atoms with E-state index in [0.717, 1.165) is 0 Å². The number of imidazole rings is 1. The van der Waals surface area contributed by atoms with Gasteiger partial charge in [0.05, 0.1) is 11.1 Å². The van der Waals surface area contributed by atoms with Gasteiger partial charge in [0, 0.05) is 42.5 Å². The van der Waals surface area contributed by atoms with E-state index in [1.165, 1.54) is 16.7 Å². The fraction of sp³-hybridized carbons (Fsp3) is 0.217. The zero-order valence-corrected chi connectivity index (χ0v) is 18.9. The number of benzene rings is 1. The average molecular weight is 508 g/mol. The van der Waals surface area contributed by atoms with Crippen molar-refractivity contribution in [1.29, 1.82) is 0 Å². The lowest BCUT2D eigenvalue weighted by molar-refractivity contribution is -0.192. The van der Waals surface area contributed by atoms with Crippen LogP contribution in [0.4, 0.5) is 17.6 Å². The number of rotatable bonds is 4. The molecule has 1 unspecified atom stereocenters. The van der Waals surface area contributed by atoms with Gasteiger partial charge in [-0.05, 0) is 42.8 Å². The van der Waals surface area contributed by atoms with Crippen LogP contribution >= 0.6 is 0 Å². The maximum atomic E-state index is 13.9. The van der Waals surface area contributed by atoms with Crippen LogP contribution in [0.1, 0.15) is 11.3 Å². The van der Waals surface area contributed by atoms with Crippen LogP contribution in [0.15, 0.2) is 47.5 Å². The third-order valence-electron chi connectivity index (χ3n) is 5.51. The van der Waals surface area contributed by atoms with E-state index in [1.54, 1.807) is 49.0 Å². The highest BCUT2D eigenvalue weighted by molar-refractivity contribution is 5.91. The number of hydrogen-bond acceptors (Lipinski definition) is 5. The zero-order valence-electron chi connectivity index (χ0n) is 18.9. The molecular weight excluding hydrogens is 488 g/mol. The molecule has 0 spiro atoms. The van der Waals surface area contributed by atoms with Crippen molar-refractivity contribution in [3.63, 3.8) is 0 Å². The maximum Gasteiger partial charge on any atom is 0.490 e. The van der Waals surface area contributed by atoms with E-state index in [9.17, 15) is 27.2 Å². The number of halogens is 4. The molecule has 4 N–H and O–H groups in total. The number of carbonyl (C=O) groups is 2. The fourth-order valence-corrected chi connectivity index (χ4v) is 3.73. The molecule has 0 amide bonds. The molecule has 3 aromatic heterocycles. The van der Waals surface area contributed by atoms with Crippen molar-refractivity contribution in [2.24, 2.45) is 12.8 Å². The number of carboxylic acids is 2. The third kappa shape index (κ3) is 5.05. The van der Waals surface area contributed by atoms with E-state index >= 15 is 0 Å². The highest BCUT2D eigenvalue weighted by Crippen LogP contribution is 2.30. The lowest BCUT2D eigenvalue weighted by Gasteiger charge is -2.16. The van der Waals surface area contributed by atoms with Crippen LogP contribution in [-0.2, 0) is 23.1 Å². The van der Waals surface area contributed by atoms with E-state index in [1.807, 2.05) is 0 Å². The van der Waals surface area contributed by atoms with Gasteiger partial charge >= 0.3 is 18.1 Å². The van der Waals surface area contributed by atoms with Crippen molar-refractivity contribution < 1.29 is 37.4 Å². The quantitative estimate of drug-likeness (QED) is 0.360. The third-order valence-corrected chi connectivity index (χ3v) is 5.51. The molecular formula is C23H20F4N4O5. The Bertz CT molecular complexity index is 1540.